The van der Waals surface area contributed by atoms with E-state index < -0.39 is 0 Å². The summed E-state index contributed by atoms with van der Waals surface area (Å²) in [6, 6.07) is 11.0. The Hall–Kier alpha value is -1.04. The van der Waals surface area contributed by atoms with Gasteiger partial charge in [-0.15, -0.1) is 0 Å². The number of hydrogen-bond donors (Lipinski definition) is 0. The first-order chi connectivity index (χ1) is 10.4. The van der Waals surface area contributed by atoms with Gasteiger partial charge in [0.05, 0.1) is 0 Å². The van der Waals surface area contributed by atoms with Crippen molar-refractivity contribution in [1.82, 2.24) is 0 Å². The molecule has 0 aromatic heterocycles. The van der Waals surface area contributed by atoms with E-state index >= 15 is 0 Å². The second kappa shape index (κ2) is 7.82. The van der Waals surface area contributed by atoms with E-state index in [-0.39, 0.29) is 0 Å². The van der Waals surface area contributed by atoms with E-state index in [2.05, 4.69) is 36.4 Å². The third-order valence-electron chi connectivity index (χ3n) is 5.57. The summed E-state index contributed by atoms with van der Waals surface area (Å²) in [6.07, 6.45) is 18.4. The molecule has 2 fully saturated rings. The molecule has 0 N–H and O–H groups in total. The number of benzene rings is 1. The highest BCUT2D eigenvalue weighted by molar-refractivity contribution is 5.21. The monoisotopic (exact) mass is 282 g/mol. The van der Waals surface area contributed by atoms with E-state index in [9.17, 15) is 0 Å². The van der Waals surface area contributed by atoms with Crippen molar-refractivity contribution < 1.29 is 0 Å². The van der Waals surface area contributed by atoms with Crippen molar-refractivity contribution in [2.45, 2.75) is 70.6 Å². The third-order valence-corrected chi connectivity index (χ3v) is 5.57. The van der Waals surface area contributed by atoms with Crippen LogP contribution in [0.3, 0.4) is 0 Å². The fraction of sp³-hybridized carbons (Fsp3) is 0.619. The Kier molecular flexibility index (Phi) is 5.54. The van der Waals surface area contributed by atoms with E-state index in [1.165, 1.54) is 69.8 Å². The van der Waals surface area contributed by atoms with E-state index in [1.807, 2.05) is 5.57 Å². The minimum Gasteiger partial charge on any atom is -0.0804 e. The van der Waals surface area contributed by atoms with Crippen LogP contribution in [0.1, 0.15) is 69.8 Å². The maximum Gasteiger partial charge on any atom is -0.00946 e. The molecule has 2 aliphatic carbocycles. The summed E-state index contributed by atoms with van der Waals surface area (Å²) in [5.74, 6) is 1.82. The van der Waals surface area contributed by atoms with Gasteiger partial charge in [0.15, 0.2) is 0 Å². The van der Waals surface area contributed by atoms with Crippen molar-refractivity contribution in [3.05, 3.63) is 47.5 Å². The third kappa shape index (κ3) is 4.22. The normalized spacial score (nSPS) is 21.1. The quantitative estimate of drug-likeness (QED) is 0.567. The first-order valence-electron chi connectivity index (χ1n) is 9.17. The molecule has 0 radical (unpaired) electrons. The van der Waals surface area contributed by atoms with Crippen molar-refractivity contribution in [2.24, 2.45) is 11.8 Å². The van der Waals surface area contributed by atoms with Crippen LogP contribution in [-0.4, -0.2) is 0 Å². The first-order valence-corrected chi connectivity index (χ1v) is 9.17. The molecule has 0 nitrogen and oxygen atoms in total. The Labute approximate surface area is 130 Å². The van der Waals surface area contributed by atoms with Crippen LogP contribution in [-0.2, 0) is 6.42 Å². The zero-order valence-corrected chi connectivity index (χ0v) is 13.4. The molecule has 0 heteroatoms. The van der Waals surface area contributed by atoms with Crippen LogP contribution < -0.4 is 0 Å². The molecule has 0 amide bonds. The van der Waals surface area contributed by atoms with Crippen molar-refractivity contribution in [2.75, 3.05) is 0 Å². The highest BCUT2D eigenvalue weighted by atomic mass is 14.3. The molecule has 2 aliphatic rings. The molecular formula is C21H30. The van der Waals surface area contributed by atoms with Gasteiger partial charge in [0.2, 0.25) is 0 Å². The molecule has 2 saturated carbocycles. The average Bonchev–Trinajstić information content (AvgIpc) is 2.58. The van der Waals surface area contributed by atoms with Crippen LogP contribution in [0.5, 0.6) is 0 Å². The Balaban J connectivity index is 1.73. The second-order valence-corrected chi connectivity index (χ2v) is 7.06. The SMILES string of the molecule is C(Cc1ccccc1)=C(C1CCCCC1)C1CCCCC1. The Morgan fingerprint density at radius 3 is 1.81 bits per heavy atom. The van der Waals surface area contributed by atoms with Gasteiger partial charge in [-0.3, -0.25) is 0 Å². The largest absolute Gasteiger partial charge is 0.0804 e. The highest BCUT2D eigenvalue weighted by Gasteiger charge is 2.25. The molecule has 0 heterocycles. The maximum atomic E-state index is 2.63. The van der Waals surface area contributed by atoms with Crippen LogP contribution in [0.25, 0.3) is 0 Å². The van der Waals surface area contributed by atoms with Gasteiger partial charge in [0.1, 0.15) is 0 Å². The van der Waals surface area contributed by atoms with E-state index in [1.54, 1.807) is 0 Å². The summed E-state index contributed by atoms with van der Waals surface area (Å²) in [5, 5.41) is 0. The summed E-state index contributed by atoms with van der Waals surface area (Å²) < 4.78 is 0. The zero-order valence-electron chi connectivity index (χ0n) is 13.4. The molecule has 1 aromatic carbocycles. The molecule has 0 saturated heterocycles. The predicted octanol–water partition coefficient (Wildman–Crippen LogP) is 6.32. The van der Waals surface area contributed by atoms with Crippen molar-refractivity contribution in [1.29, 1.82) is 0 Å². The standard InChI is InChI=1S/C21H30/c1-4-10-18(11-5-1)16-17-21(19-12-6-2-7-13-19)20-14-8-3-9-15-20/h1,4-5,10-11,17,19-20H,2-3,6-9,12-16H2. The van der Waals surface area contributed by atoms with Crippen molar-refractivity contribution in [3.8, 4) is 0 Å². The van der Waals surface area contributed by atoms with Crippen LogP contribution in [0.15, 0.2) is 42.0 Å². The van der Waals surface area contributed by atoms with Gasteiger partial charge in [-0.2, -0.15) is 0 Å². The van der Waals surface area contributed by atoms with Crippen molar-refractivity contribution in [3.63, 3.8) is 0 Å². The highest BCUT2D eigenvalue weighted by Crippen LogP contribution is 2.39. The topological polar surface area (TPSA) is 0 Å². The fourth-order valence-corrected chi connectivity index (χ4v) is 4.39. The van der Waals surface area contributed by atoms with E-state index in [0.717, 1.165) is 18.3 Å². The summed E-state index contributed by atoms with van der Waals surface area (Å²) >= 11 is 0. The Bertz CT molecular complexity index is 410. The van der Waals surface area contributed by atoms with Crippen LogP contribution >= 0.6 is 0 Å². The lowest BCUT2D eigenvalue weighted by Crippen LogP contribution is -2.19. The number of hydrogen-bond acceptors (Lipinski definition) is 0. The molecule has 0 spiro atoms. The van der Waals surface area contributed by atoms with Crippen molar-refractivity contribution >= 4 is 0 Å². The summed E-state index contributed by atoms with van der Waals surface area (Å²) in [4.78, 5) is 0. The lowest BCUT2D eigenvalue weighted by atomic mass is 9.73. The molecule has 1 aromatic rings. The van der Waals surface area contributed by atoms with Gasteiger partial charge in [-0.25, -0.2) is 0 Å². The lowest BCUT2D eigenvalue weighted by molar-refractivity contribution is 0.325. The molecule has 0 atom stereocenters. The first kappa shape index (κ1) is 14.9. The predicted molar refractivity (Wildman–Crippen MR) is 91.4 cm³/mol. The minimum absolute atomic E-state index is 0.908. The fourth-order valence-electron chi connectivity index (χ4n) is 4.39. The second-order valence-electron chi connectivity index (χ2n) is 7.06. The van der Waals surface area contributed by atoms with Crippen LogP contribution in [0, 0.1) is 11.8 Å². The van der Waals surface area contributed by atoms with Gasteiger partial charge in [-0.05, 0) is 49.5 Å². The summed E-state index contributed by atoms with van der Waals surface area (Å²) in [5.41, 5.74) is 3.32. The minimum atomic E-state index is 0.908. The van der Waals surface area contributed by atoms with E-state index in [4.69, 9.17) is 0 Å². The van der Waals surface area contributed by atoms with Crippen LogP contribution in [0.4, 0.5) is 0 Å². The Morgan fingerprint density at radius 1 is 0.762 bits per heavy atom. The lowest BCUT2D eigenvalue weighted by Gasteiger charge is -2.32. The molecule has 0 aliphatic heterocycles. The molecule has 0 bridgehead atoms. The van der Waals surface area contributed by atoms with Gasteiger partial charge < -0.3 is 0 Å². The molecule has 114 valence electrons. The van der Waals surface area contributed by atoms with Gasteiger partial charge >= 0.3 is 0 Å². The number of rotatable bonds is 4. The summed E-state index contributed by atoms with van der Waals surface area (Å²) in [6.45, 7) is 0. The number of allylic oxidation sites excluding steroid dienone is 2. The molecule has 3 rings (SSSR count). The smallest absolute Gasteiger partial charge is 0.00946 e. The van der Waals surface area contributed by atoms with Gasteiger partial charge in [-0.1, -0.05) is 80.5 Å². The molecule has 0 unspecified atom stereocenters. The molecular weight excluding hydrogens is 252 g/mol. The van der Waals surface area contributed by atoms with Gasteiger partial charge in [0.25, 0.3) is 0 Å². The maximum absolute atomic E-state index is 2.63. The van der Waals surface area contributed by atoms with E-state index in [0.29, 0.717) is 0 Å². The zero-order chi connectivity index (χ0) is 14.3. The van der Waals surface area contributed by atoms with Gasteiger partial charge in [0, 0.05) is 0 Å². The Morgan fingerprint density at radius 2 is 1.29 bits per heavy atom. The van der Waals surface area contributed by atoms with Crippen LogP contribution in [0.2, 0.25) is 0 Å². The molecule has 21 heavy (non-hydrogen) atoms. The summed E-state index contributed by atoms with van der Waals surface area (Å²) in [7, 11) is 0. The average molecular weight is 282 g/mol.